The molecule has 6 rings (SSSR count). The summed E-state index contributed by atoms with van der Waals surface area (Å²) in [6.45, 7) is 5.67. The van der Waals surface area contributed by atoms with Gasteiger partial charge >= 0.3 is 18.3 Å². The van der Waals surface area contributed by atoms with Crippen LogP contribution in [0.15, 0.2) is 18.2 Å². The minimum Gasteiger partial charge on any atom is -0.493 e. The zero-order valence-corrected chi connectivity index (χ0v) is 25.0. The van der Waals surface area contributed by atoms with Crippen molar-refractivity contribution >= 4 is 43.7 Å². The average molecular weight is 656 g/mol. The molecule has 45 heavy (non-hydrogen) atoms. The number of halogens is 6. The zero-order valence-electron chi connectivity index (χ0n) is 24.2. The lowest BCUT2D eigenvalue weighted by molar-refractivity contribution is -0.137. The van der Waals surface area contributed by atoms with E-state index in [0.717, 1.165) is 18.6 Å². The standard InChI is InChI=1S/C29H27F6N5O4S/c1-27(2,3)44-26(42)39-25-37-21-14(5-6-17(31)22(21)45-25)18-16(29(33,34)35)9-15-20(19(18)32)36-24(38-23(15)41)43-12-28-7-4-8-40(28)11-13(30)10-28/h5-6,9,13H,4,7-8,10-12H2,1-3H3,(H,36,38,41)(H,37,39,42)/t13-,28?/m1/s1. The van der Waals surface area contributed by atoms with Crippen LogP contribution in [0.2, 0.25) is 0 Å². The number of fused-ring (bicyclic) bond motifs is 3. The fraction of sp³-hybridized carbons (Fsp3) is 0.448. The predicted molar refractivity (Wildman–Crippen MR) is 153 cm³/mol. The maximum Gasteiger partial charge on any atom is 0.417 e. The smallest absolute Gasteiger partial charge is 0.417 e. The first-order chi connectivity index (χ1) is 21.0. The van der Waals surface area contributed by atoms with E-state index in [0.29, 0.717) is 30.4 Å². The number of rotatable bonds is 5. The third-order valence-corrected chi connectivity index (χ3v) is 8.78. The van der Waals surface area contributed by atoms with Gasteiger partial charge in [0, 0.05) is 24.1 Å². The number of nitrogens with one attached hydrogen (secondary N) is 1. The molecule has 2 aliphatic rings. The minimum atomic E-state index is -5.14. The van der Waals surface area contributed by atoms with Gasteiger partial charge in [0.1, 0.15) is 29.7 Å². The molecule has 2 aromatic carbocycles. The quantitative estimate of drug-likeness (QED) is 0.217. The summed E-state index contributed by atoms with van der Waals surface area (Å²) in [6, 6.07) is 1.79. The van der Waals surface area contributed by atoms with E-state index in [1.807, 2.05) is 4.90 Å². The summed E-state index contributed by atoms with van der Waals surface area (Å²) >= 11 is 0.622. The Bertz CT molecular complexity index is 1830. The van der Waals surface area contributed by atoms with Crippen molar-refractivity contribution in [2.24, 2.45) is 0 Å². The van der Waals surface area contributed by atoms with E-state index in [-0.39, 0.29) is 34.9 Å². The number of hydrogen-bond acceptors (Lipinski definition) is 9. The summed E-state index contributed by atoms with van der Waals surface area (Å²) in [5.74, 6) is -3.31. The molecule has 1 unspecified atom stereocenters. The summed E-state index contributed by atoms with van der Waals surface area (Å²) < 4.78 is 99.2. The molecule has 2 N–H and O–H groups in total. The van der Waals surface area contributed by atoms with Crippen molar-refractivity contribution in [3.05, 3.63) is 35.4 Å². The Morgan fingerprint density at radius 2 is 1.93 bits per heavy atom. The molecule has 2 aromatic heterocycles. The number of thiazole rings is 1. The highest BCUT2D eigenvalue weighted by Gasteiger charge is 2.49. The lowest BCUT2D eigenvalue weighted by atomic mass is 9.95. The highest BCUT2D eigenvalue weighted by atomic mass is 32.1. The third kappa shape index (κ3) is 5.80. The van der Waals surface area contributed by atoms with E-state index in [9.17, 15) is 31.9 Å². The van der Waals surface area contributed by atoms with Crippen LogP contribution in [0.5, 0.6) is 11.9 Å². The van der Waals surface area contributed by atoms with Gasteiger partial charge in [-0.05, 0) is 58.4 Å². The number of anilines is 1. The van der Waals surface area contributed by atoms with Crippen molar-refractivity contribution in [1.82, 2.24) is 19.9 Å². The number of carbonyl (C=O) groups excluding carboxylic acids is 1. The Balaban J connectivity index is 1.45. The fourth-order valence-electron chi connectivity index (χ4n) is 6.01. The van der Waals surface area contributed by atoms with Crippen molar-refractivity contribution in [1.29, 1.82) is 0 Å². The molecule has 4 heterocycles. The van der Waals surface area contributed by atoms with E-state index >= 15 is 4.39 Å². The molecule has 240 valence electrons. The molecule has 2 atom stereocenters. The summed E-state index contributed by atoms with van der Waals surface area (Å²) in [7, 11) is 0. The first kappa shape index (κ1) is 31.1. The lowest BCUT2D eigenvalue weighted by Crippen LogP contribution is -2.43. The number of aromatic nitrogens is 3. The van der Waals surface area contributed by atoms with Crippen molar-refractivity contribution in [3.8, 4) is 23.0 Å². The van der Waals surface area contributed by atoms with Crippen LogP contribution < -0.4 is 10.1 Å². The first-order valence-electron chi connectivity index (χ1n) is 14.0. The molecule has 0 saturated carbocycles. The second-order valence-corrected chi connectivity index (χ2v) is 13.1. The number of benzene rings is 2. The SMILES string of the molecule is CC(C)(C)OC(=O)Nc1nc2c(-c3c(C(F)(F)F)cc4c(O)nc(OCC56CCCN5C[C@H](F)C6)nc4c3F)ccc(F)c2s1. The summed E-state index contributed by atoms with van der Waals surface area (Å²) in [5, 5.41) is 12.1. The molecule has 16 heteroatoms. The van der Waals surface area contributed by atoms with Gasteiger partial charge in [-0.25, -0.2) is 22.9 Å². The first-order valence-corrected chi connectivity index (χ1v) is 14.8. The Morgan fingerprint density at radius 1 is 1.18 bits per heavy atom. The highest BCUT2D eigenvalue weighted by Crippen LogP contribution is 2.46. The fourth-order valence-corrected chi connectivity index (χ4v) is 6.89. The number of aromatic hydroxyl groups is 1. The lowest BCUT2D eigenvalue weighted by Gasteiger charge is -2.30. The van der Waals surface area contributed by atoms with Crippen LogP contribution in [0, 0.1) is 11.6 Å². The molecule has 2 saturated heterocycles. The molecule has 9 nitrogen and oxygen atoms in total. The van der Waals surface area contributed by atoms with Gasteiger partial charge in [0.05, 0.1) is 26.7 Å². The molecular weight excluding hydrogens is 628 g/mol. The molecule has 2 fully saturated rings. The Hall–Kier alpha value is -3.92. The van der Waals surface area contributed by atoms with E-state index in [1.165, 1.54) is 0 Å². The predicted octanol–water partition coefficient (Wildman–Crippen LogP) is 7.21. The van der Waals surface area contributed by atoms with Gasteiger partial charge in [-0.1, -0.05) is 11.3 Å². The van der Waals surface area contributed by atoms with Crippen LogP contribution in [0.25, 0.3) is 32.2 Å². The third-order valence-electron chi connectivity index (χ3n) is 7.80. The van der Waals surface area contributed by atoms with Gasteiger partial charge in [0.25, 0.3) is 0 Å². The van der Waals surface area contributed by atoms with E-state index in [2.05, 4.69) is 20.3 Å². The van der Waals surface area contributed by atoms with Gasteiger partial charge < -0.3 is 14.6 Å². The molecule has 0 bridgehead atoms. The largest absolute Gasteiger partial charge is 0.493 e. The minimum absolute atomic E-state index is 0.0711. The van der Waals surface area contributed by atoms with Gasteiger partial charge in [-0.15, -0.1) is 0 Å². The van der Waals surface area contributed by atoms with E-state index in [1.54, 1.807) is 20.8 Å². The van der Waals surface area contributed by atoms with Gasteiger partial charge in [0.15, 0.2) is 10.9 Å². The number of nitrogens with zero attached hydrogens (tertiary/aromatic N) is 4. The molecule has 1 amide bonds. The normalized spacial score (nSPS) is 20.6. The zero-order chi connectivity index (χ0) is 32.5. The molecule has 0 spiro atoms. The molecule has 0 aliphatic carbocycles. The number of amides is 1. The van der Waals surface area contributed by atoms with Crippen LogP contribution in [-0.4, -0.2) is 68.1 Å². The second kappa shape index (κ2) is 10.9. The Kier molecular flexibility index (Phi) is 7.50. The highest BCUT2D eigenvalue weighted by molar-refractivity contribution is 7.22. The number of hydrogen-bond donors (Lipinski definition) is 2. The van der Waals surface area contributed by atoms with Gasteiger partial charge in [0.2, 0.25) is 5.88 Å². The Labute approximate surface area is 256 Å². The van der Waals surface area contributed by atoms with Crippen LogP contribution in [0.4, 0.5) is 36.3 Å². The summed E-state index contributed by atoms with van der Waals surface area (Å²) in [5.41, 5.74) is -5.49. The molecule has 0 radical (unpaired) electrons. The maximum absolute atomic E-state index is 16.3. The van der Waals surface area contributed by atoms with Crippen LogP contribution in [-0.2, 0) is 10.9 Å². The number of carbonyl (C=O) groups is 1. The Morgan fingerprint density at radius 3 is 2.64 bits per heavy atom. The molecular formula is C29H27F6N5O4S. The van der Waals surface area contributed by atoms with Crippen LogP contribution in [0.1, 0.15) is 45.6 Å². The molecule has 2 aliphatic heterocycles. The summed E-state index contributed by atoms with van der Waals surface area (Å²) in [6.07, 6.45) is -5.47. The van der Waals surface area contributed by atoms with Crippen molar-refractivity contribution in [2.45, 2.75) is 63.5 Å². The van der Waals surface area contributed by atoms with E-state index in [4.69, 9.17) is 9.47 Å². The van der Waals surface area contributed by atoms with Gasteiger partial charge in [-0.3, -0.25) is 10.2 Å². The van der Waals surface area contributed by atoms with Crippen molar-refractivity contribution in [2.75, 3.05) is 25.0 Å². The van der Waals surface area contributed by atoms with Crippen molar-refractivity contribution < 1.29 is 45.7 Å². The number of ether oxygens (including phenoxy) is 2. The molecule has 4 aromatic rings. The maximum atomic E-state index is 16.3. The second-order valence-electron chi connectivity index (χ2n) is 12.1. The average Bonchev–Trinajstić information content (AvgIpc) is 3.59. The van der Waals surface area contributed by atoms with Gasteiger partial charge in [-0.2, -0.15) is 23.1 Å². The van der Waals surface area contributed by atoms with E-state index < -0.39 is 80.7 Å². The topological polar surface area (TPSA) is 110 Å². The van der Waals surface area contributed by atoms with Crippen LogP contribution in [0.3, 0.4) is 0 Å². The summed E-state index contributed by atoms with van der Waals surface area (Å²) in [4.78, 5) is 26.1. The number of alkyl halides is 4. The monoisotopic (exact) mass is 655 g/mol. The van der Waals surface area contributed by atoms with Crippen molar-refractivity contribution in [3.63, 3.8) is 0 Å². The van der Waals surface area contributed by atoms with Crippen LogP contribution >= 0.6 is 11.3 Å².